The zero-order valence-corrected chi connectivity index (χ0v) is 18.3. The summed E-state index contributed by atoms with van der Waals surface area (Å²) in [4.78, 5) is 30.2. The molecule has 0 saturated heterocycles. The number of nitrogens with one attached hydrogen (secondary N) is 1. The number of nitrogens with zero attached hydrogens (tertiary/aromatic N) is 1. The molecular formula is C24H25BN2O5. The number of amides is 1. The summed E-state index contributed by atoms with van der Waals surface area (Å²) < 4.78 is 10.8. The number of carbonyl (C=O) groups excluding carboxylic acids is 2. The fraction of sp³-hybridized carbons (Fsp3) is 0.292. The molecule has 1 amide bonds. The van der Waals surface area contributed by atoms with Crippen LogP contribution in [0.15, 0.2) is 48.7 Å². The number of ether oxygens (including phenoxy) is 1. The van der Waals surface area contributed by atoms with Crippen molar-refractivity contribution in [2.24, 2.45) is 5.92 Å². The third kappa shape index (κ3) is 4.24. The lowest BCUT2D eigenvalue weighted by atomic mass is 9.75. The van der Waals surface area contributed by atoms with Crippen LogP contribution in [-0.2, 0) is 27.4 Å². The van der Waals surface area contributed by atoms with Crippen molar-refractivity contribution in [2.75, 3.05) is 0 Å². The van der Waals surface area contributed by atoms with Crippen molar-refractivity contribution in [1.82, 2.24) is 10.3 Å². The summed E-state index contributed by atoms with van der Waals surface area (Å²) in [5.74, 6) is -1.09. The van der Waals surface area contributed by atoms with Crippen LogP contribution in [0.5, 0.6) is 0 Å². The van der Waals surface area contributed by atoms with E-state index in [2.05, 4.69) is 10.3 Å². The zero-order valence-electron chi connectivity index (χ0n) is 18.3. The lowest BCUT2D eigenvalue weighted by Crippen LogP contribution is -2.46. The Morgan fingerprint density at radius 3 is 2.78 bits per heavy atom. The van der Waals surface area contributed by atoms with Crippen molar-refractivity contribution in [2.45, 2.75) is 40.0 Å². The van der Waals surface area contributed by atoms with E-state index < -0.39 is 25.0 Å². The van der Waals surface area contributed by atoms with Crippen molar-refractivity contribution in [3.8, 4) is 0 Å². The number of pyridine rings is 1. The SMILES string of the molecule is Cc1c(C(=O)N[C@H](C(=O)OCc2cccc3cccnc23)C(C)C)ccc2c1B(O)OC2. The monoisotopic (exact) mass is 432 g/mol. The van der Waals surface area contributed by atoms with Crippen molar-refractivity contribution in [3.05, 3.63) is 70.9 Å². The lowest BCUT2D eigenvalue weighted by molar-refractivity contribution is -0.148. The Bertz CT molecular complexity index is 1180. The number of rotatable bonds is 6. The van der Waals surface area contributed by atoms with Gasteiger partial charge in [-0.25, -0.2) is 4.79 Å². The molecular weight excluding hydrogens is 407 g/mol. The first-order chi connectivity index (χ1) is 15.4. The first-order valence-corrected chi connectivity index (χ1v) is 10.6. The van der Waals surface area contributed by atoms with Crippen molar-refractivity contribution in [1.29, 1.82) is 0 Å². The third-order valence-electron chi connectivity index (χ3n) is 5.79. The second-order valence-electron chi connectivity index (χ2n) is 8.27. The molecule has 0 saturated carbocycles. The molecule has 2 heterocycles. The molecule has 0 unspecified atom stereocenters. The minimum absolute atomic E-state index is 0.0632. The van der Waals surface area contributed by atoms with Gasteiger partial charge in [-0.05, 0) is 41.6 Å². The van der Waals surface area contributed by atoms with Gasteiger partial charge >= 0.3 is 13.1 Å². The molecule has 1 aliphatic rings. The van der Waals surface area contributed by atoms with E-state index in [1.807, 2.05) is 44.2 Å². The standard InChI is InChI=1S/C24H25BN2O5/c1-14(2)21(24(29)31-12-18-7-4-6-16-8-5-11-26-22(16)18)27-23(28)19-10-9-17-13-32-25(30)20(17)15(19)3/h4-11,14,21,30H,12-13H2,1-3H3,(H,27,28)/t21-/m0/s1. The van der Waals surface area contributed by atoms with Gasteiger partial charge < -0.3 is 19.7 Å². The maximum absolute atomic E-state index is 13.0. The molecule has 3 aromatic rings. The smallest absolute Gasteiger partial charge is 0.459 e. The van der Waals surface area contributed by atoms with Gasteiger partial charge in [-0.3, -0.25) is 9.78 Å². The fourth-order valence-electron chi connectivity index (χ4n) is 3.99. The zero-order chi connectivity index (χ0) is 22.8. The minimum atomic E-state index is -1.04. The van der Waals surface area contributed by atoms with Gasteiger partial charge in [0.15, 0.2) is 0 Å². The number of carbonyl (C=O) groups is 2. The normalized spacial score (nSPS) is 13.8. The number of hydrogen-bond acceptors (Lipinski definition) is 6. The summed E-state index contributed by atoms with van der Waals surface area (Å²) in [6, 6.07) is 12.2. The summed E-state index contributed by atoms with van der Waals surface area (Å²) in [5.41, 5.74) is 4.09. The highest BCUT2D eigenvalue weighted by atomic mass is 16.5. The number of para-hydroxylation sites is 1. The van der Waals surface area contributed by atoms with Crippen molar-refractivity contribution >= 4 is 35.4 Å². The second kappa shape index (κ2) is 9.10. The van der Waals surface area contributed by atoms with Gasteiger partial charge in [0, 0.05) is 22.7 Å². The molecule has 7 nitrogen and oxygen atoms in total. The van der Waals surface area contributed by atoms with Crippen LogP contribution >= 0.6 is 0 Å². The highest BCUT2D eigenvalue weighted by Crippen LogP contribution is 2.19. The molecule has 1 atom stereocenters. The molecule has 0 fully saturated rings. The van der Waals surface area contributed by atoms with E-state index in [4.69, 9.17) is 9.39 Å². The minimum Gasteiger partial charge on any atom is -0.459 e. The number of esters is 1. The average molecular weight is 432 g/mol. The molecule has 0 bridgehead atoms. The summed E-state index contributed by atoms with van der Waals surface area (Å²) >= 11 is 0. The molecule has 1 aromatic heterocycles. The van der Waals surface area contributed by atoms with E-state index in [0.717, 1.165) is 22.0 Å². The first-order valence-electron chi connectivity index (χ1n) is 10.6. The van der Waals surface area contributed by atoms with Crippen molar-refractivity contribution in [3.63, 3.8) is 0 Å². The van der Waals surface area contributed by atoms with E-state index in [1.54, 1.807) is 25.3 Å². The molecule has 2 N–H and O–H groups in total. The highest BCUT2D eigenvalue weighted by molar-refractivity contribution is 6.62. The maximum atomic E-state index is 13.0. The summed E-state index contributed by atoms with van der Waals surface area (Å²) in [6.07, 6.45) is 1.70. The molecule has 1 aliphatic heterocycles. The largest absolute Gasteiger partial charge is 0.492 e. The molecule has 4 rings (SSSR count). The quantitative estimate of drug-likeness (QED) is 0.458. The Hall–Kier alpha value is -3.23. The molecule has 8 heteroatoms. The van der Waals surface area contributed by atoms with Crippen LogP contribution in [0.25, 0.3) is 10.9 Å². The summed E-state index contributed by atoms with van der Waals surface area (Å²) in [5, 5.41) is 13.8. The lowest BCUT2D eigenvalue weighted by Gasteiger charge is -2.22. The average Bonchev–Trinajstić information content (AvgIpc) is 3.17. The van der Waals surface area contributed by atoms with Crippen LogP contribution in [0.1, 0.15) is 40.9 Å². The second-order valence-corrected chi connectivity index (χ2v) is 8.27. The van der Waals surface area contributed by atoms with Gasteiger partial charge in [0.05, 0.1) is 12.1 Å². The van der Waals surface area contributed by atoms with E-state index in [9.17, 15) is 14.6 Å². The number of benzene rings is 2. The summed E-state index contributed by atoms with van der Waals surface area (Å²) in [7, 11) is -1.04. The van der Waals surface area contributed by atoms with E-state index in [0.29, 0.717) is 23.2 Å². The van der Waals surface area contributed by atoms with Gasteiger partial charge in [0.2, 0.25) is 0 Å². The fourth-order valence-corrected chi connectivity index (χ4v) is 3.99. The van der Waals surface area contributed by atoms with Gasteiger partial charge in [-0.2, -0.15) is 0 Å². The Kier molecular flexibility index (Phi) is 6.25. The Morgan fingerprint density at radius 2 is 2.00 bits per heavy atom. The predicted molar refractivity (Wildman–Crippen MR) is 121 cm³/mol. The Labute approximate surface area is 186 Å². The molecule has 2 aromatic carbocycles. The topological polar surface area (TPSA) is 97.8 Å². The van der Waals surface area contributed by atoms with Gasteiger partial charge in [-0.15, -0.1) is 0 Å². The van der Waals surface area contributed by atoms with Crippen LogP contribution in [0.4, 0.5) is 0 Å². The number of aromatic nitrogens is 1. The van der Waals surface area contributed by atoms with Crippen LogP contribution in [-0.4, -0.2) is 35.0 Å². The molecule has 0 aliphatic carbocycles. The van der Waals surface area contributed by atoms with Crippen molar-refractivity contribution < 1.29 is 24.0 Å². The van der Waals surface area contributed by atoms with Crippen LogP contribution < -0.4 is 10.8 Å². The van der Waals surface area contributed by atoms with Crippen LogP contribution in [0, 0.1) is 12.8 Å². The van der Waals surface area contributed by atoms with E-state index in [1.165, 1.54) is 0 Å². The van der Waals surface area contributed by atoms with Crippen LogP contribution in [0.2, 0.25) is 0 Å². The van der Waals surface area contributed by atoms with Crippen LogP contribution in [0.3, 0.4) is 0 Å². The molecule has 164 valence electrons. The first kappa shape index (κ1) is 22.0. The number of hydrogen-bond donors (Lipinski definition) is 2. The van der Waals surface area contributed by atoms with E-state index in [-0.39, 0.29) is 12.5 Å². The van der Waals surface area contributed by atoms with Gasteiger partial charge in [0.25, 0.3) is 5.91 Å². The molecule has 0 radical (unpaired) electrons. The van der Waals surface area contributed by atoms with Gasteiger partial charge in [0.1, 0.15) is 12.6 Å². The summed E-state index contributed by atoms with van der Waals surface area (Å²) in [6.45, 7) is 5.83. The molecule has 32 heavy (non-hydrogen) atoms. The Balaban J connectivity index is 1.48. The number of fused-ring (bicyclic) bond motifs is 2. The van der Waals surface area contributed by atoms with Gasteiger partial charge in [-0.1, -0.05) is 44.2 Å². The highest BCUT2D eigenvalue weighted by Gasteiger charge is 2.32. The predicted octanol–water partition coefficient (Wildman–Crippen LogP) is 2.26. The molecule has 0 spiro atoms. The van der Waals surface area contributed by atoms with E-state index >= 15 is 0 Å². The maximum Gasteiger partial charge on any atom is 0.492 e. The Morgan fingerprint density at radius 1 is 1.22 bits per heavy atom. The third-order valence-corrected chi connectivity index (χ3v) is 5.79.